The second kappa shape index (κ2) is 10.1. The number of methoxy groups -OCH3 is 3. The van der Waals surface area contributed by atoms with Gasteiger partial charge in [-0.05, 0) is 30.2 Å². The van der Waals surface area contributed by atoms with Gasteiger partial charge in [0.25, 0.3) is 0 Å². The van der Waals surface area contributed by atoms with Gasteiger partial charge in [-0.3, -0.25) is 4.79 Å². The quantitative estimate of drug-likeness (QED) is 0.403. The Labute approximate surface area is 192 Å². The van der Waals surface area contributed by atoms with Gasteiger partial charge in [0.05, 0.1) is 44.8 Å². The van der Waals surface area contributed by atoms with Gasteiger partial charge in [0, 0.05) is 5.56 Å². The van der Waals surface area contributed by atoms with Crippen molar-refractivity contribution in [2.45, 2.75) is 18.9 Å². The Balaban J connectivity index is 1.60. The Morgan fingerprint density at radius 3 is 2.33 bits per heavy atom. The maximum Gasteiger partial charge on any atom is 0.225 e. The lowest BCUT2D eigenvalue weighted by Crippen LogP contribution is -2.32. The monoisotopic (exact) mass is 445 g/mol. The van der Waals surface area contributed by atoms with E-state index in [9.17, 15) is 4.79 Å². The van der Waals surface area contributed by atoms with Crippen LogP contribution >= 0.6 is 0 Å². The van der Waals surface area contributed by atoms with Gasteiger partial charge in [-0.25, -0.2) is 4.98 Å². The van der Waals surface area contributed by atoms with Gasteiger partial charge >= 0.3 is 0 Å². The average molecular weight is 446 g/mol. The molecule has 1 amide bonds. The molecular formula is C26H27N3O4. The molecule has 1 heterocycles. The maximum absolute atomic E-state index is 13.1. The topological polar surface area (TPSA) is 85.5 Å². The first-order valence-electron chi connectivity index (χ1n) is 10.7. The number of H-pyrrole nitrogens is 1. The summed E-state index contributed by atoms with van der Waals surface area (Å²) in [7, 11) is 4.65. The summed E-state index contributed by atoms with van der Waals surface area (Å²) in [5, 5.41) is 3.15. The number of benzene rings is 3. The minimum Gasteiger partial charge on any atom is -0.493 e. The summed E-state index contributed by atoms with van der Waals surface area (Å²) in [4.78, 5) is 21.2. The zero-order chi connectivity index (χ0) is 23.2. The fraction of sp³-hybridized carbons (Fsp3) is 0.231. The molecule has 3 aromatic carbocycles. The maximum atomic E-state index is 13.1. The molecule has 1 atom stereocenters. The summed E-state index contributed by atoms with van der Waals surface area (Å²) in [6.07, 6.45) is 0.727. The van der Waals surface area contributed by atoms with E-state index in [1.165, 1.54) is 0 Å². The van der Waals surface area contributed by atoms with E-state index in [-0.39, 0.29) is 18.4 Å². The Morgan fingerprint density at radius 1 is 0.909 bits per heavy atom. The highest BCUT2D eigenvalue weighted by Gasteiger charge is 2.22. The molecule has 0 fully saturated rings. The van der Waals surface area contributed by atoms with E-state index in [4.69, 9.17) is 19.2 Å². The van der Waals surface area contributed by atoms with E-state index in [2.05, 4.69) is 10.3 Å². The van der Waals surface area contributed by atoms with Crippen molar-refractivity contribution in [2.24, 2.45) is 0 Å². The molecule has 0 aliphatic carbocycles. The molecule has 0 unspecified atom stereocenters. The highest BCUT2D eigenvalue weighted by molar-refractivity contribution is 5.81. The molecule has 0 spiro atoms. The van der Waals surface area contributed by atoms with Crippen LogP contribution in [0.5, 0.6) is 17.2 Å². The van der Waals surface area contributed by atoms with Crippen LogP contribution in [-0.4, -0.2) is 37.2 Å². The van der Waals surface area contributed by atoms with Crippen LogP contribution in [0.3, 0.4) is 0 Å². The summed E-state index contributed by atoms with van der Waals surface area (Å²) in [5.41, 5.74) is 3.60. The zero-order valence-corrected chi connectivity index (χ0v) is 18.9. The number of rotatable bonds is 9. The number of carbonyl (C=O) groups excluding carboxylic acids is 1. The van der Waals surface area contributed by atoms with Gasteiger partial charge in [0.1, 0.15) is 5.82 Å². The van der Waals surface area contributed by atoms with E-state index >= 15 is 0 Å². The number of nitrogens with one attached hydrogen (secondary N) is 2. The number of amides is 1. The van der Waals surface area contributed by atoms with Crippen LogP contribution in [0.2, 0.25) is 0 Å². The molecule has 7 nitrogen and oxygen atoms in total. The van der Waals surface area contributed by atoms with E-state index in [1.54, 1.807) is 27.4 Å². The Kier molecular flexibility index (Phi) is 6.78. The van der Waals surface area contributed by atoms with Crippen LogP contribution in [0.1, 0.15) is 23.0 Å². The van der Waals surface area contributed by atoms with Crippen molar-refractivity contribution in [3.8, 4) is 17.2 Å². The van der Waals surface area contributed by atoms with Crippen LogP contribution in [0.15, 0.2) is 66.7 Å². The minimum absolute atomic E-state index is 0.120. The van der Waals surface area contributed by atoms with Crippen molar-refractivity contribution >= 4 is 16.9 Å². The van der Waals surface area contributed by atoms with Crippen molar-refractivity contribution in [1.29, 1.82) is 0 Å². The predicted molar refractivity (Wildman–Crippen MR) is 127 cm³/mol. The smallest absolute Gasteiger partial charge is 0.225 e. The molecular weight excluding hydrogens is 418 g/mol. The largest absolute Gasteiger partial charge is 0.493 e. The lowest BCUT2D eigenvalue weighted by molar-refractivity contribution is -0.121. The van der Waals surface area contributed by atoms with Crippen molar-refractivity contribution in [1.82, 2.24) is 15.3 Å². The third kappa shape index (κ3) is 4.92. The molecule has 4 aromatic rings. The fourth-order valence-electron chi connectivity index (χ4n) is 3.92. The minimum atomic E-state index is -0.321. The van der Waals surface area contributed by atoms with Crippen molar-refractivity contribution in [2.75, 3.05) is 21.3 Å². The number of nitrogens with zero attached hydrogens (tertiary/aromatic N) is 1. The van der Waals surface area contributed by atoms with E-state index in [1.807, 2.05) is 60.7 Å². The zero-order valence-electron chi connectivity index (χ0n) is 18.9. The number of hydrogen-bond donors (Lipinski definition) is 2. The van der Waals surface area contributed by atoms with Gasteiger partial charge in [-0.2, -0.15) is 0 Å². The second-order valence-electron chi connectivity index (χ2n) is 7.62. The molecule has 0 aliphatic heterocycles. The van der Waals surface area contributed by atoms with Gasteiger partial charge in [0.2, 0.25) is 11.7 Å². The molecule has 1 aromatic heterocycles. The van der Waals surface area contributed by atoms with Crippen molar-refractivity contribution < 1.29 is 19.0 Å². The summed E-state index contributed by atoms with van der Waals surface area (Å²) < 4.78 is 16.3. The molecule has 7 heteroatoms. The highest BCUT2D eigenvalue weighted by atomic mass is 16.5. The number of carbonyl (C=O) groups is 1. The Bertz CT molecular complexity index is 1200. The van der Waals surface area contributed by atoms with Crippen LogP contribution in [0.4, 0.5) is 0 Å². The summed E-state index contributed by atoms with van der Waals surface area (Å²) in [6, 6.07) is 21.1. The van der Waals surface area contributed by atoms with Gasteiger partial charge in [-0.15, -0.1) is 0 Å². The van der Waals surface area contributed by atoms with E-state index in [0.29, 0.717) is 35.1 Å². The molecule has 0 aliphatic rings. The normalized spacial score (nSPS) is 11.7. The lowest BCUT2D eigenvalue weighted by atomic mass is 10.0. The summed E-state index contributed by atoms with van der Waals surface area (Å²) >= 11 is 0. The average Bonchev–Trinajstić information content (AvgIpc) is 3.28. The first-order chi connectivity index (χ1) is 16.1. The van der Waals surface area contributed by atoms with Crippen LogP contribution in [-0.2, 0) is 17.6 Å². The lowest BCUT2D eigenvalue weighted by Gasteiger charge is -2.19. The fourth-order valence-corrected chi connectivity index (χ4v) is 3.92. The van der Waals surface area contributed by atoms with Gasteiger partial charge in [0.15, 0.2) is 11.5 Å². The molecule has 0 saturated carbocycles. The standard InChI is InChI=1S/C26H27N3O4/c1-31-22-14-13-18(24(32-2)25(22)33-3)16-23(30)27-21(15-17-9-5-4-6-10-17)26-28-19-11-7-8-12-20(19)29-26/h4-14,21H,15-16H2,1-3H3,(H,27,30)(H,28,29)/t21-/m0/s1. The summed E-state index contributed by atoms with van der Waals surface area (Å²) in [5.74, 6) is 2.05. The number of aromatic nitrogens is 2. The molecule has 4 rings (SSSR count). The Hall–Kier alpha value is -4.00. The SMILES string of the molecule is COc1ccc(CC(=O)N[C@@H](Cc2ccccc2)c2nc3ccccc3[nH]2)c(OC)c1OC. The first kappa shape index (κ1) is 22.2. The third-order valence-corrected chi connectivity index (χ3v) is 5.49. The number of hydrogen-bond acceptors (Lipinski definition) is 5. The Morgan fingerprint density at radius 2 is 1.64 bits per heavy atom. The molecule has 170 valence electrons. The molecule has 0 saturated heterocycles. The number of para-hydroxylation sites is 2. The second-order valence-corrected chi connectivity index (χ2v) is 7.62. The van der Waals surface area contributed by atoms with E-state index < -0.39 is 0 Å². The van der Waals surface area contributed by atoms with Crippen LogP contribution < -0.4 is 19.5 Å². The summed E-state index contributed by atoms with van der Waals surface area (Å²) in [6.45, 7) is 0. The molecule has 0 radical (unpaired) electrons. The molecule has 2 N–H and O–H groups in total. The molecule has 0 bridgehead atoms. The number of aromatic amines is 1. The van der Waals surface area contributed by atoms with Gasteiger partial charge < -0.3 is 24.5 Å². The van der Waals surface area contributed by atoms with Crippen molar-refractivity contribution in [3.63, 3.8) is 0 Å². The van der Waals surface area contributed by atoms with Crippen molar-refractivity contribution in [3.05, 3.63) is 83.7 Å². The third-order valence-electron chi connectivity index (χ3n) is 5.49. The number of ether oxygens (including phenoxy) is 3. The van der Waals surface area contributed by atoms with Gasteiger partial charge in [-0.1, -0.05) is 48.5 Å². The first-order valence-corrected chi connectivity index (χ1v) is 10.7. The number of fused-ring (bicyclic) bond motifs is 1. The van der Waals surface area contributed by atoms with Crippen LogP contribution in [0, 0.1) is 0 Å². The van der Waals surface area contributed by atoms with E-state index in [0.717, 1.165) is 16.6 Å². The van der Waals surface area contributed by atoms with Crippen LogP contribution in [0.25, 0.3) is 11.0 Å². The molecule has 33 heavy (non-hydrogen) atoms. The predicted octanol–water partition coefficient (Wildman–Crippen LogP) is 4.23. The highest BCUT2D eigenvalue weighted by Crippen LogP contribution is 2.40. The number of imidazole rings is 1.